The lowest BCUT2D eigenvalue weighted by molar-refractivity contribution is -0.118. The first kappa shape index (κ1) is 14.0. The first-order valence-electron chi connectivity index (χ1n) is 7.30. The van der Waals surface area contributed by atoms with Crippen molar-refractivity contribution in [3.8, 4) is 0 Å². The topological polar surface area (TPSA) is 54.4 Å². The van der Waals surface area contributed by atoms with Gasteiger partial charge in [0.2, 0.25) is 0 Å². The number of benzene rings is 1. The van der Waals surface area contributed by atoms with E-state index in [9.17, 15) is 4.79 Å². The fraction of sp³-hybridized carbons (Fsp3) is 0.312. The van der Waals surface area contributed by atoms with Gasteiger partial charge in [-0.25, -0.2) is 10.4 Å². The molecule has 1 N–H and O–H groups in total. The molecule has 0 saturated heterocycles. The molecule has 1 aromatic carbocycles. The van der Waals surface area contributed by atoms with E-state index in [0.29, 0.717) is 17.6 Å². The number of thiazole rings is 1. The van der Waals surface area contributed by atoms with Crippen LogP contribution in [0.25, 0.3) is 10.2 Å². The Morgan fingerprint density at radius 1 is 1.45 bits per heavy atom. The summed E-state index contributed by atoms with van der Waals surface area (Å²) >= 11 is 3.08. The average molecular weight is 329 g/mol. The normalized spacial score (nSPS) is 24.5. The van der Waals surface area contributed by atoms with Gasteiger partial charge in [-0.2, -0.15) is 5.10 Å². The van der Waals surface area contributed by atoms with Crippen LogP contribution in [0.3, 0.4) is 0 Å². The number of nitrogens with one attached hydrogen (secondary N) is 1. The number of nitrogens with zero attached hydrogens (tertiary/aromatic N) is 2. The maximum absolute atomic E-state index is 11.9. The second kappa shape index (κ2) is 5.85. The minimum absolute atomic E-state index is 0.0637. The van der Waals surface area contributed by atoms with Gasteiger partial charge in [-0.15, -0.1) is 11.3 Å². The third-order valence-electron chi connectivity index (χ3n) is 4.09. The molecule has 1 aromatic heterocycles. The molecule has 2 aromatic rings. The van der Waals surface area contributed by atoms with Crippen molar-refractivity contribution in [1.29, 1.82) is 0 Å². The van der Waals surface area contributed by atoms with Crippen LogP contribution in [0.4, 0.5) is 0 Å². The van der Waals surface area contributed by atoms with E-state index in [1.165, 1.54) is 11.8 Å². The first-order valence-corrected chi connectivity index (χ1v) is 9.10. The van der Waals surface area contributed by atoms with Crippen molar-refractivity contribution < 1.29 is 4.79 Å². The molecule has 4 nitrogen and oxygen atoms in total. The van der Waals surface area contributed by atoms with E-state index in [1.54, 1.807) is 11.3 Å². The molecule has 1 amide bonds. The molecule has 2 aliphatic rings. The number of para-hydroxylation sites is 1. The molecule has 0 unspecified atom stereocenters. The second-order valence-corrected chi connectivity index (χ2v) is 7.77. The maximum atomic E-state index is 11.9. The maximum Gasteiger partial charge on any atom is 0.250 e. The molecular weight excluding hydrogens is 314 g/mol. The first-order chi connectivity index (χ1) is 10.8. The fourth-order valence-corrected chi connectivity index (χ4v) is 4.73. The number of amides is 1. The van der Waals surface area contributed by atoms with Crippen LogP contribution >= 0.6 is 23.1 Å². The van der Waals surface area contributed by atoms with E-state index in [-0.39, 0.29) is 5.91 Å². The number of hydrazone groups is 1. The lowest BCUT2D eigenvalue weighted by Crippen LogP contribution is -2.35. The van der Waals surface area contributed by atoms with Gasteiger partial charge in [-0.3, -0.25) is 4.79 Å². The van der Waals surface area contributed by atoms with Crippen LogP contribution in [0.15, 0.2) is 45.9 Å². The molecule has 2 atom stereocenters. The lowest BCUT2D eigenvalue weighted by Gasteiger charge is -2.31. The Balaban J connectivity index is 1.30. The predicted octanol–water partition coefficient (Wildman–Crippen LogP) is 3.46. The Kier molecular flexibility index (Phi) is 3.72. The number of allylic oxidation sites excluding steroid dienone is 2. The monoisotopic (exact) mass is 329 g/mol. The summed E-state index contributed by atoms with van der Waals surface area (Å²) in [4.78, 5) is 16.4. The second-order valence-electron chi connectivity index (χ2n) is 5.51. The SMILES string of the molecule is O=C(CSc1nc2ccccc2s1)N/N=C1/C[C@@H]2C=CC[C@@H]12. The van der Waals surface area contributed by atoms with Crippen LogP contribution < -0.4 is 5.43 Å². The van der Waals surface area contributed by atoms with Crippen molar-refractivity contribution in [2.24, 2.45) is 16.9 Å². The van der Waals surface area contributed by atoms with Gasteiger partial charge in [0, 0.05) is 11.6 Å². The van der Waals surface area contributed by atoms with Crippen molar-refractivity contribution in [3.63, 3.8) is 0 Å². The minimum Gasteiger partial charge on any atom is -0.272 e. The highest BCUT2D eigenvalue weighted by Crippen LogP contribution is 2.40. The van der Waals surface area contributed by atoms with Crippen molar-refractivity contribution in [2.75, 3.05) is 5.75 Å². The Bertz CT molecular complexity index is 748. The summed E-state index contributed by atoms with van der Waals surface area (Å²) in [6.07, 6.45) is 6.53. The average Bonchev–Trinajstić information content (AvgIpc) is 3.09. The van der Waals surface area contributed by atoms with Gasteiger partial charge in [0.1, 0.15) is 0 Å². The van der Waals surface area contributed by atoms with Crippen molar-refractivity contribution in [3.05, 3.63) is 36.4 Å². The summed E-state index contributed by atoms with van der Waals surface area (Å²) in [6, 6.07) is 8.01. The summed E-state index contributed by atoms with van der Waals surface area (Å²) in [5.74, 6) is 1.49. The molecule has 22 heavy (non-hydrogen) atoms. The highest BCUT2D eigenvalue weighted by atomic mass is 32.2. The number of hydrogen-bond acceptors (Lipinski definition) is 5. The molecule has 0 aliphatic heterocycles. The van der Waals surface area contributed by atoms with E-state index in [4.69, 9.17) is 0 Å². The van der Waals surface area contributed by atoms with Gasteiger partial charge in [-0.1, -0.05) is 36.0 Å². The number of hydrogen-bond donors (Lipinski definition) is 1. The third kappa shape index (κ3) is 2.68. The Morgan fingerprint density at radius 2 is 2.36 bits per heavy atom. The molecule has 0 radical (unpaired) electrons. The predicted molar refractivity (Wildman–Crippen MR) is 91.3 cm³/mol. The zero-order valence-electron chi connectivity index (χ0n) is 11.9. The van der Waals surface area contributed by atoms with Gasteiger partial charge in [0.25, 0.3) is 5.91 Å². The summed E-state index contributed by atoms with van der Waals surface area (Å²) < 4.78 is 2.08. The van der Waals surface area contributed by atoms with Crippen molar-refractivity contribution in [1.82, 2.24) is 10.4 Å². The van der Waals surface area contributed by atoms with Crippen LogP contribution in [0.5, 0.6) is 0 Å². The standard InChI is InChI=1S/C16H15N3OS2/c20-15(19-18-13-8-10-4-3-5-11(10)13)9-21-16-17-12-6-1-2-7-14(12)22-16/h1-4,6-7,10-11H,5,8-9H2,(H,19,20)/b18-13-/t10-,11+/m0/s1. The van der Waals surface area contributed by atoms with Gasteiger partial charge >= 0.3 is 0 Å². The largest absolute Gasteiger partial charge is 0.272 e. The number of thioether (sulfide) groups is 1. The number of carbonyl (C=O) groups excluding carboxylic acids is 1. The van der Waals surface area contributed by atoms with Crippen molar-refractivity contribution in [2.45, 2.75) is 17.2 Å². The van der Waals surface area contributed by atoms with Gasteiger partial charge in [0.15, 0.2) is 4.34 Å². The Labute approximate surface area is 136 Å². The highest BCUT2D eigenvalue weighted by Gasteiger charge is 2.37. The number of aromatic nitrogens is 1. The lowest BCUT2D eigenvalue weighted by atomic mass is 9.74. The minimum atomic E-state index is -0.0637. The van der Waals surface area contributed by atoms with Crippen molar-refractivity contribution >= 4 is 44.9 Å². The summed E-state index contributed by atoms with van der Waals surface area (Å²) in [6.45, 7) is 0. The van der Waals surface area contributed by atoms with Gasteiger partial charge < -0.3 is 0 Å². The summed E-state index contributed by atoms with van der Waals surface area (Å²) in [5, 5.41) is 4.27. The molecular formula is C16H15N3OS2. The van der Waals surface area contributed by atoms with Crippen LogP contribution in [-0.2, 0) is 4.79 Å². The number of carbonyl (C=O) groups is 1. The van der Waals surface area contributed by atoms with E-state index in [0.717, 1.165) is 33.1 Å². The highest BCUT2D eigenvalue weighted by molar-refractivity contribution is 8.01. The fourth-order valence-electron chi connectivity index (χ4n) is 2.87. The summed E-state index contributed by atoms with van der Waals surface area (Å²) in [7, 11) is 0. The molecule has 0 bridgehead atoms. The Morgan fingerprint density at radius 3 is 3.23 bits per heavy atom. The van der Waals surface area contributed by atoms with Gasteiger partial charge in [0.05, 0.1) is 16.0 Å². The quantitative estimate of drug-likeness (QED) is 0.531. The van der Waals surface area contributed by atoms with Crippen LogP contribution in [0.2, 0.25) is 0 Å². The molecule has 0 spiro atoms. The Hall–Kier alpha value is -1.66. The molecule has 1 saturated carbocycles. The molecule has 2 aliphatic carbocycles. The van der Waals surface area contributed by atoms with E-state index in [2.05, 4.69) is 27.7 Å². The van der Waals surface area contributed by atoms with Crippen LogP contribution in [-0.4, -0.2) is 22.4 Å². The number of rotatable bonds is 4. The molecule has 4 rings (SSSR count). The van der Waals surface area contributed by atoms with Crippen LogP contribution in [0, 0.1) is 11.8 Å². The number of fused-ring (bicyclic) bond motifs is 2. The third-order valence-corrected chi connectivity index (χ3v) is 6.27. The molecule has 1 heterocycles. The zero-order chi connectivity index (χ0) is 14.9. The molecule has 6 heteroatoms. The van der Waals surface area contributed by atoms with Gasteiger partial charge in [-0.05, 0) is 30.9 Å². The molecule has 112 valence electrons. The van der Waals surface area contributed by atoms with E-state index >= 15 is 0 Å². The molecule has 1 fully saturated rings. The smallest absolute Gasteiger partial charge is 0.250 e. The van der Waals surface area contributed by atoms with E-state index < -0.39 is 0 Å². The van der Waals surface area contributed by atoms with E-state index in [1.807, 2.05) is 24.3 Å². The zero-order valence-corrected chi connectivity index (χ0v) is 13.5. The van der Waals surface area contributed by atoms with Crippen LogP contribution in [0.1, 0.15) is 12.8 Å². The summed E-state index contributed by atoms with van der Waals surface area (Å²) in [5.41, 5.74) is 4.80.